The van der Waals surface area contributed by atoms with Crippen molar-refractivity contribution in [3.05, 3.63) is 63.6 Å². The molecule has 0 radical (unpaired) electrons. The van der Waals surface area contributed by atoms with Gasteiger partial charge in [0.15, 0.2) is 6.23 Å². The van der Waals surface area contributed by atoms with E-state index in [1.165, 1.54) is 16.7 Å². The lowest BCUT2D eigenvalue weighted by Gasteiger charge is -2.38. The fourth-order valence-electron chi connectivity index (χ4n) is 3.68. The summed E-state index contributed by atoms with van der Waals surface area (Å²) in [6, 6.07) is 15.4. The van der Waals surface area contributed by atoms with E-state index in [0.29, 0.717) is 0 Å². The Hall–Kier alpha value is -1.81. The normalized spacial score (nSPS) is 21.4. The molecule has 2 aliphatic rings. The van der Waals surface area contributed by atoms with Crippen molar-refractivity contribution in [2.45, 2.75) is 51.8 Å². The van der Waals surface area contributed by atoms with Gasteiger partial charge >= 0.3 is 0 Å². The molecule has 0 saturated heterocycles. The third-order valence-corrected chi connectivity index (χ3v) is 5.56. The Morgan fingerprint density at radius 3 is 2.68 bits per heavy atom. The molecule has 0 N–H and O–H groups in total. The molecule has 4 heteroatoms. The number of hydrogen-bond donors (Lipinski definition) is 0. The molecule has 0 unspecified atom stereocenters. The molecular weight excluding hydrogens is 376 g/mol. The van der Waals surface area contributed by atoms with Crippen LogP contribution in [0.2, 0.25) is 0 Å². The van der Waals surface area contributed by atoms with Crippen LogP contribution in [0, 0.1) is 0 Å². The van der Waals surface area contributed by atoms with Crippen molar-refractivity contribution in [1.82, 2.24) is 5.01 Å². The summed E-state index contributed by atoms with van der Waals surface area (Å²) in [5.74, 6) is 1.00. The third-order valence-electron chi connectivity index (χ3n) is 5.06. The molecule has 2 aromatic carbocycles. The molecule has 0 amide bonds. The zero-order valence-electron chi connectivity index (χ0n) is 14.7. The van der Waals surface area contributed by atoms with Crippen LogP contribution in [0.15, 0.2) is 52.0 Å². The number of aryl methyl sites for hydroxylation is 1. The van der Waals surface area contributed by atoms with Crippen molar-refractivity contribution in [3.8, 4) is 5.75 Å². The van der Waals surface area contributed by atoms with Gasteiger partial charge in [0.25, 0.3) is 0 Å². The quantitative estimate of drug-likeness (QED) is 0.661. The predicted molar refractivity (Wildman–Crippen MR) is 105 cm³/mol. The Bertz CT molecular complexity index is 800. The van der Waals surface area contributed by atoms with Crippen LogP contribution >= 0.6 is 15.9 Å². The molecule has 0 aliphatic carbocycles. The molecule has 4 rings (SSSR count). The first kappa shape index (κ1) is 16.6. The highest BCUT2D eigenvalue weighted by Gasteiger charge is 2.39. The molecule has 2 aromatic rings. The lowest BCUT2D eigenvalue weighted by Crippen LogP contribution is -2.40. The minimum atomic E-state index is 0.0242. The smallest absolute Gasteiger partial charge is 0.187 e. The largest absolute Gasteiger partial charge is 0.469 e. The molecule has 0 bridgehead atoms. The molecular formula is C21H23BrN2O. The molecule has 2 aliphatic heterocycles. The van der Waals surface area contributed by atoms with Gasteiger partial charge in [0.2, 0.25) is 0 Å². The lowest BCUT2D eigenvalue weighted by atomic mass is 9.96. The zero-order chi connectivity index (χ0) is 17.4. The van der Waals surface area contributed by atoms with E-state index in [9.17, 15) is 0 Å². The number of hydrazone groups is 1. The van der Waals surface area contributed by atoms with Gasteiger partial charge in [-0.05, 0) is 35.7 Å². The Kier molecular flexibility index (Phi) is 4.55. The van der Waals surface area contributed by atoms with Crippen LogP contribution < -0.4 is 4.74 Å². The monoisotopic (exact) mass is 398 g/mol. The first-order valence-electron chi connectivity index (χ1n) is 9.10. The van der Waals surface area contributed by atoms with E-state index in [0.717, 1.165) is 41.6 Å². The van der Waals surface area contributed by atoms with Crippen molar-refractivity contribution in [2.75, 3.05) is 0 Å². The maximum atomic E-state index is 6.26. The summed E-state index contributed by atoms with van der Waals surface area (Å²) >= 11 is 3.60. The van der Waals surface area contributed by atoms with Crippen molar-refractivity contribution < 1.29 is 4.74 Å². The molecule has 2 heterocycles. The summed E-state index contributed by atoms with van der Waals surface area (Å²) < 4.78 is 7.35. The molecule has 3 nitrogen and oxygen atoms in total. The van der Waals surface area contributed by atoms with Crippen LogP contribution in [0.25, 0.3) is 0 Å². The van der Waals surface area contributed by atoms with E-state index >= 15 is 0 Å². The van der Waals surface area contributed by atoms with Gasteiger partial charge in [-0.3, -0.25) is 5.01 Å². The third kappa shape index (κ3) is 3.08. The summed E-state index contributed by atoms with van der Waals surface area (Å²) in [4.78, 5) is 0. The number of ether oxygens (including phenoxy) is 1. The molecule has 130 valence electrons. The number of fused-ring (bicyclic) bond motifs is 3. The van der Waals surface area contributed by atoms with Crippen LogP contribution in [-0.2, 0) is 6.42 Å². The van der Waals surface area contributed by atoms with Crippen LogP contribution in [-0.4, -0.2) is 16.9 Å². The van der Waals surface area contributed by atoms with Gasteiger partial charge < -0.3 is 4.74 Å². The molecule has 0 fully saturated rings. The predicted octanol–water partition coefficient (Wildman–Crippen LogP) is 5.68. The first-order chi connectivity index (χ1) is 12.2. The van der Waals surface area contributed by atoms with Crippen LogP contribution in [0.5, 0.6) is 5.75 Å². The average Bonchev–Trinajstić information content (AvgIpc) is 3.08. The highest BCUT2D eigenvalue weighted by Crippen LogP contribution is 2.44. The van der Waals surface area contributed by atoms with Crippen LogP contribution in [0.4, 0.5) is 0 Å². The minimum Gasteiger partial charge on any atom is -0.469 e. The topological polar surface area (TPSA) is 24.8 Å². The fraction of sp³-hybridized carbons (Fsp3) is 0.381. The van der Waals surface area contributed by atoms with E-state index in [-0.39, 0.29) is 12.3 Å². The average molecular weight is 399 g/mol. The van der Waals surface area contributed by atoms with Gasteiger partial charge in [-0.1, -0.05) is 60.5 Å². The second kappa shape index (κ2) is 6.83. The van der Waals surface area contributed by atoms with Gasteiger partial charge in [0, 0.05) is 22.9 Å². The number of nitrogens with zero attached hydrogens (tertiary/aromatic N) is 2. The number of hydrogen-bond acceptors (Lipinski definition) is 3. The van der Waals surface area contributed by atoms with Crippen molar-refractivity contribution >= 4 is 21.6 Å². The van der Waals surface area contributed by atoms with E-state index in [1.54, 1.807) is 0 Å². The second-order valence-corrected chi connectivity index (χ2v) is 7.66. The summed E-state index contributed by atoms with van der Waals surface area (Å²) in [5.41, 5.74) is 4.97. The number of rotatable bonds is 4. The summed E-state index contributed by atoms with van der Waals surface area (Å²) in [6.07, 6.45) is 4.08. The van der Waals surface area contributed by atoms with E-state index in [2.05, 4.69) is 77.3 Å². The Morgan fingerprint density at radius 1 is 1.16 bits per heavy atom. The maximum Gasteiger partial charge on any atom is 0.187 e. The minimum absolute atomic E-state index is 0.0242. The molecule has 2 atom stereocenters. The van der Waals surface area contributed by atoms with Crippen molar-refractivity contribution in [1.29, 1.82) is 0 Å². The van der Waals surface area contributed by atoms with Gasteiger partial charge in [-0.2, -0.15) is 5.10 Å². The van der Waals surface area contributed by atoms with Crippen LogP contribution in [0.1, 0.15) is 55.8 Å². The number of benzene rings is 2. The molecule has 0 saturated carbocycles. The zero-order valence-corrected chi connectivity index (χ0v) is 16.3. The Balaban J connectivity index is 1.69. The summed E-state index contributed by atoms with van der Waals surface area (Å²) in [5, 5.41) is 7.16. The van der Waals surface area contributed by atoms with Gasteiger partial charge in [-0.15, -0.1) is 0 Å². The van der Waals surface area contributed by atoms with E-state index in [4.69, 9.17) is 9.84 Å². The Morgan fingerprint density at radius 2 is 1.96 bits per heavy atom. The highest BCUT2D eigenvalue weighted by atomic mass is 79.9. The van der Waals surface area contributed by atoms with Crippen LogP contribution in [0.3, 0.4) is 0 Å². The second-order valence-electron chi connectivity index (χ2n) is 6.74. The number of halogens is 1. The molecule has 0 spiro atoms. The standard InChI is InChI=1S/C21H23BrN2O/c1-3-5-21-24-19(17-12-16(22)10-11-20(17)25-21)13-18(23-24)15-8-6-14(4-2)7-9-15/h6-12,19,21H,3-5,13H2,1-2H3/t19-,21+/m1/s1. The van der Waals surface area contributed by atoms with Gasteiger partial charge in [0.05, 0.1) is 11.8 Å². The molecule has 0 aromatic heterocycles. The fourth-order valence-corrected chi connectivity index (χ4v) is 4.06. The maximum absolute atomic E-state index is 6.26. The SMILES string of the molecule is CCC[C@@H]1Oc2ccc(Br)cc2[C@H]2CC(c3ccc(CC)cc3)=NN12. The van der Waals surface area contributed by atoms with Gasteiger partial charge in [0.1, 0.15) is 5.75 Å². The summed E-state index contributed by atoms with van der Waals surface area (Å²) in [6.45, 7) is 4.38. The Labute approximate surface area is 157 Å². The van der Waals surface area contributed by atoms with E-state index in [1.807, 2.05) is 0 Å². The molecule has 25 heavy (non-hydrogen) atoms. The first-order valence-corrected chi connectivity index (χ1v) is 9.90. The highest BCUT2D eigenvalue weighted by molar-refractivity contribution is 9.10. The lowest BCUT2D eigenvalue weighted by molar-refractivity contribution is -0.0223. The van der Waals surface area contributed by atoms with Crippen molar-refractivity contribution in [3.63, 3.8) is 0 Å². The van der Waals surface area contributed by atoms with Crippen molar-refractivity contribution in [2.24, 2.45) is 5.10 Å². The van der Waals surface area contributed by atoms with Gasteiger partial charge in [-0.25, -0.2) is 0 Å². The summed E-state index contributed by atoms with van der Waals surface area (Å²) in [7, 11) is 0. The van der Waals surface area contributed by atoms with E-state index < -0.39 is 0 Å².